The highest BCUT2D eigenvalue weighted by Crippen LogP contribution is 2.29. The third-order valence-electron chi connectivity index (χ3n) is 8.95. The Kier molecular flexibility index (Phi) is 8.59. The topological polar surface area (TPSA) is 114 Å². The molecule has 4 heterocycles. The maximum Gasteiger partial charge on any atom is 0.246 e. The van der Waals surface area contributed by atoms with Gasteiger partial charge in [-0.15, -0.1) is 0 Å². The summed E-state index contributed by atoms with van der Waals surface area (Å²) in [6.45, 7) is 2.38. The number of benzene rings is 2. The predicted molar refractivity (Wildman–Crippen MR) is 164 cm³/mol. The molecule has 6 rings (SSSR count). The van der Waals surface area contributed by atoms with Crippen molar-refractivity contribution < 1.29 is 23.1 Å². The Morgan fingerprint density at radius 1 is 0.930 bits per heavy atom. The maximum absolute atomic E-state index is 13.9. The molecule has 43 heavy (non-hydrogen) atoms. The number of sulfonamides is 1. The lowest BCUT2D eigenvalue weighted by atomic mass is 9.94. The number of aromatic nitrogens is 1. The van der Waals surface area contributed by atoms with Gasteiger partial charge in [0.1, 0.15) is 6.04 Å². The van der Waals surface area contributed by atoms with Crippen molar-refractivity contribution in [2.45, 2.75) is 42.7 Å². The fourth-order valence-corrected chi connectivity index (χ4v) is 8.02. The molecule has 228 valence electrons. The van der Waals surface area contributed by atoms with Crippen LogP contribution in [0.25, 0.3) is 10.8 Å². The molecule has 1 aromatic heterocycles. The number of piperidine rings is 2. The summed E-state index contributed by atoms with van der Waals surface area (Å²) in [7, 11) is -4.07. The average Bonchev–Trinajstić information content (AvgIpc) is 3.02. The van der Waals surface area contributed by atoms with Gasteiger partial charge >= 0.3 is 0 Å². The van der Waals surface area contributed by atoms with E-state index in [1.807, 2.05) is 12.1 Å². The molecule has 3 saturated heterocycles. The molecule has 0 radical (unpaired) electrons. The second kappa shape index (κ2) is 12.4. The summed E-state index contributed by atoms with van der Waals surface area (Å²) in [6.07, 6.45) is 5.72. The van der Waals surface area contributed by atoms with E-state index in [0.29, 0.717) is 42.9 Å². The summed E-state index contributed by atoms with van der Waals surface area (Å²) < 4.78 is 28.9. The summed E-state index contributed by atoms with van der Waals surface area (Å²) in [6, 6.07) is 13.1. The van der Waals surface area contributed by atoms with Crippen LogP contribution in [0.2, 0.25) is 5.02 Å². The van der Waals surface area contributed by atoms with Crippen LogP contribution in [0.1, 0.15) is 25.7 Å². The molecule has 0 spiro atoms. The number of nitrogens with zero attached hydrogens (tertiary/aromatic N) is 5. The van der Waals surface area contributed by atoms with E-state index < -0.39 is 22.2 Å². The van der Waals surface area contributed by atoms with Crippen LogP contribution in [0.4, 0.5) is 5.69 Å². The number of anilines is 1. The van der Waals surface area contributed by atoms with Crippen molar-refractivity contribution in [2.24, 2.45) is 5.92 Å². The number of amides is 2. The second-order valence-electron chi connectivity index (χ2n) is 11.7. The van der Waals surface area contributed by atoms with Crippen molar-refractivity contribution in [1.29, 1.82) is 0 Å². The Hall–Kier alpha value is -3.25. The third kappa shape index (κ3) is 6.35. The molecular formula is C31H36ClN5O5S. The normalized spacial score (nSPS) is 21.5. The number of rotatable bonds is 6. The summed E-state index contributed by atoms with van der Waals surface area (Å²) in [4.78, 5) is 37.4. The number of halogens is 1. The molecule has 3 fully saturated rings. The van der Waals surface area contributed by atoms with E-state index in [1.54, 1.807) is 52.5 Å². The molecule has 1 N–H and O–H groups in total. The van der Waals surface area contributed by atoms with Crippen molar-refractivity contribution in [3.05, 3.63) is 65.9 Å². The standard InChI is InChI=1S/C31H36ClN5O5S/c32-25-3-1-24-18-28(4-2-23(24)17-25)43(41,42)36-20-29(31(40)35-15-9-27(38)10-16-35)37(30(39)21-36)19-22-7-13-34(14-8-22)26-5-11-33-12-6-26/h1-6,11-12,17-18,22,27,29,38H,7-10,13-16,19-21H2. The fourth-order valence-electron chi connectivity index (χ4n) is 6.40. The number of hydrogen-bond acceptors (Lipinski definition) is 7. The molecule has 2 amide bonds. The van der Waals surface area contributed by atoms with Gasteiger partial charge in [0.2, 0.25) is 21.8 Å². The number of carbonyl (C=O) groups excluding carboxylic acids is 2. The number of likely N-dealkylation sites (tertiary alicyclic amines) is 1. The predicted octanol–water partition coefficient (Wildman–Crippen LogP) is 2.99. The van der Waals surface area contributed by atoms with E-state index in [0.717, 1.165) is 41.3 Å². The number of aliphatic hydroxyl groups is 1. The van der Waals surface area contributed by atoms with E-state index in [9.17, 15) is 23.1 Å². The van der Waals surface area contributed by atoms with E-state index in [-0.39, 0.29) is 35.7 Å². The molecule has 3 aromatic rings. The van der Waals surface area contributed by atoms with E-state index in [1.165, 1.54) is 6.07 Å². The molecule has 1 unspecified atom stereocenters. The highest BCUT2D eigenvalue weighted by Gasteiger charge is 2.44. The maximum atomic E-state index is 13.9. The molecular weight excluding hydrogens is 590 g/mol. The van der Waals surface area contributed by atoms with Gasteiger partial charge in [0, 0.05) is 62.4 Å². The Bertz CT molecular complexity index is 1590. The van der Waals surface area contributed by atoms with Crippen LogP contribution < -0.4 is 4.90 Å². The van der Waals surface area contributed by atoms with Gasteiger partial charge in [-0.1, -0.05) is 23.7 Å². The van der Waals surface area contributed by atoms with Crippen molar-refractivity contribution in [3.8, 4) is 0 Å². The Morgan fingerprint density at radius 2 is 1.60 bits per heavy atom. The molecule has 10 nitrogen and oxygen atoms in total. The zero-order valence-corrected chi connectivity index (χ0v) is 25.5. The summed E-state index contributed by atoms with van der Waals surface area (Å²) in [5, 5.41) is 12.1. The number of carbonyl (C=O) groups is 2. The molecule has 12 heteroatoms. The van der Waals surface area contributed by atoms with Crippen LogP contribution in [-0.2, 0) is 19.6 Å². The van der Waals surface area contributed by atoms with Gasteiger partial charge in [-0.2, -0.15) is 4.31 Å². The van der Waals surface area contributed by atoms with Gasteiger partial charge < -0.3 is 19.8 Å². The Labute approximate surface area is 256 Å². The Morgan fingerprint density at radius 3 is 2.33 bits per heavy atom. The first-order valence-corrected chi connectivity index (χ1v) is 16.6. The highest BCUT2D eigenvalue weighted by molar-refractivity contribution is 7.89. The SMILES string of the molecule is O=C(C1CN(S(=O)(=O)c2ccc3cc(Cl)ccc3c2)CC(=O)N1CC1CCN(c2ccncc2)CC1)N1CCC(O)CC1. The minimum atomic E-state index is -4.07. The minimum absolute atomic E-state index is 0.0688. The quantitative estimate of drug-likeness (QED) is 0.448. The van der Waals surface area contributed by atoms with Gasteiger partial charge in [0.15, 0.2) is 0 Å². The van der Waals surface area contributed by atoms with E-state index >= 15 is 0 Å². The summed E-state index contributed by atoms with van der Waals surface area (Å²) in [5.74, 6) is -0.437. The first-order valence-electron chi connectivity index (χ1n) is 14.8. The highest BCUT2D eigenvalue weighted by atomic mass is 35.5. The van der Waals surface area contributed by atoms with Crippen molar-refractivity contribution >= 4 is 49.9 Å². The molecule has 2 aromatic carbocycles. The van der Waals surface area contributed by atoms with Crippen molar-refractivity contribution in [1.82, 2.24) is 19.1 Å². The van der Waals surface area contributed by atoms with Gasteiger partial charge in [-0.25, -0.2) is 8.42 Å². The lowest BCUT2D eigenvalue weighted by Crippen LogP contribution is -2.64. The van der Waals surface area contributed by atoms with Crippen LogP contribution in [0.3, 0.4) is 0 Å². The Balaban J connectivity index is 1.22. The molecule has 3 aliphatic rings. The molecule has 0 bridgehead atoms. The molecule has 0 aliphatic carbocycles. The van der Waals surface area contributed by atoms with E-state index in [2.05, 4.69) is 9.88 Å². The van der Waals surface area contributed by atoms with Gasteiger partial charge in [0.25, 0.3) is 0 Å². The zero-order valence-electron chi connectivity index (χ0n) is 23.9. The molecule has 0 saturated carbocycles. The van der Waals surface area contributed by atoms with Gasteiger partial charge in [-0.3, -0.25) is 14.6 Å². The summed E-state index contributed by atoms with van der Waals surface area (Å²) >= 11 is 6.10. The second-order valence-corrected chi connectivity index (χ2v) is 14.1. The van der Waals surface area contributed by atoms with Crippen LogP contribution in [0.15, 0.2) is 65.8 Å². The zero-order chi connectivity index (χ0) is 30.1. The smallest absolute Gasteiger partial charge is 0.246 e. The van der Waals surface area contributed by atoms with Crippen LogP contribution in [-0.4, -0.2) is 102 Å². The minimum Gasteiger partial charge on any atom is -0.393 e. The van der Waals surface area contributed by atoms with Crippen molar-refractivity contribution in [2.75, 3.05) is 50.7 Å². The number of aliphatic hydroxyl groups excluding tert-OH is 1. The van der Waals surface area contributed by atoms with Crippen LogP contribution in [0, 0.1) is 5.92 Å². The average molecular weight is 626 g/mol. The number of fused-ring (bicyclic) bond motifs is 1. The fraction of sp³-hybridized carbons (Fsp3) is 0.452. The largest absolute Gasteiger partial charge is 0.393 e. The van der Waals surface area contributed by atoms with Crippen LogP contribution >= 0.6 is 11.6 Å². The number of pyridine rings is 1. The number of piperazine rings is 1. The lowest BCUT2D eigenvalue weighted by Gasteiger charge is -2.44. The summed E-state index contributed by atoms with van der Waals surface area (Å²) in [5.41, 5.74) is 1.11. The third-order valence-corrected chi connectivity index (χ3v) is 11.0. The van der Waals surface area contributed by atoms with Gasteiger partial charge in [0.05, 0.1) is 17.5 Å². The monoisotopic (exact) mass is 625 g/mol. The lowest BCUT2D eigenvalue weighted by molar-refractivity contribution is -0.151. The first kappa shape index (κ1) is 29.8. The first-order chi connectivity index (χ1) is 20.7. The van der Waals surface area contributed by atoms with E-state index in [4.69, 9.17) is 11.6 Å². The molecule has 1 atom stereocenters. The molecule has 3 aliphatic heterocycles. The van der Waals surface area contributed by atoms with Crippen LogP contribution in [0.5, 0.6) is 0 Å². The van der Waals surface area contributed by atoms with Gasteiger partial charge in [-0.05, 0) is 78.8 Å². The van der Waals surface area contributed by atoms with Crippen molar-refractivity contribution in [3.63, 3.8) is 0 Å². The number of hydrogen-bond donors (Lipinski definition) is 1.